The van der Waals surface area contributed by atoms with Gasteiger partial charge in [-0.1, -0.05) is 11.6 Å². The summed E-state index contributed by atoms with van der Waals surface area (Å²) in [5.41, 5.74) is 1.42. The molecule has 0 unspecified atom stereocenters. The van der Waals surface area contributed by atoms with Crippen LogP contribution >= 0.6 is 22.9 Å². The summed E-state index contributed by atoms with van der Waals surface area (Å²) in [6.07, 6.45) is -0.945. The fraction of sp³-hybridized carbons (Fsp3) is 0.316. The minimum Gasteiger partial charge on any atom is -0.442 e. The van der Waals surface area contributed by atoms with Gasteiger partial charge in [0.25, 0.3) is 11.8 Å². The molecule has 10 heteroatoms. The van der Waals surface area contributed by atoms with Gasteiger partial charge < -0.3 is 19.7 Å². The van der Waals surface area contributed by atoms with Gasteiger partial charge in [0.1, 0.15) is 17.6 Å². The molecule has 0 bridgehead atoms. The van der Waals surface area contributed by atoms with Crippen LogP contribution in [-0.2, 0) is 14.3 Å². The quantitative estimate of drug-likeness (QED) is 0.779. The molecule has 152 valence electrons. The first-order valence-corrected chi connectivity index (χ1v) is 10.3. The summed E-state index contributed by atoms with van der Waals surface area (Å²) in [4.78, 5) is 39.9. The number of anilines is 2. The molecule has 1 aromatic carbocycles. The maximum atomic E-state index is 12.2. The summed E-state index contributed by atoms with van der Waals surface area (Å²) >= 11 is 7.21. The summed E-state index contributed by atoms with van der Waals surface area (Å²) in [7, 11) is 0. The molecule has 0 radical (unpaired) electrons. The van der Waals surface area contributed by atoms with Crippen molar-refractivity contribution in [1.29, 1.82) is 0 Å². The molecule has 0 spiro atoms. The van der Waals surface area contributed by atoms with E-state index in [0.717, 1.165) is 5.69 Å². The van der Waals surface area contributed by atoms with Crippen molar-refractivity contribution in [3.63, 3.8) is 0 Å². The summed E-state index contributed by atoms with van der Waals surface area (Å²) in [6, 6.07) is 8.78. The molecule has 8 nitrogen and oxygen atoms in total. The van der Waals surface area contributed by atoms with Crippen molar-refractivity contribution in [1.82, 2.24) is 5.32 Å². The van der Waals surface area contributed by atoms with E-state index >= 15 is 0 Å². The molecule has 29 heavy (non-hydrogen) atoms. The van der Waals surface area contributed by atoms with Crippen LogP contribution < -0.4 is 15.1 Å². The second kappa shape index (κ2) is 8.40. The van der Waals surface area contributed by atoms with Gasteiger partial charge >= 0.3 is 6.09 Å². The molecule has 1 atom stereocenters. The number of amides is 3. The molecule has 2 aliphatic rings. The number of benzene rings is 1. The van der Waals surface area contributed by atoms with Crippen molar-refractivity contribution in [3.05, 3.63) is 45.6 Å². The molecule has 3 heterocycles. The molecule has 1 N–H and O–H groups in total. The zero-order chi connectivity index (χ0) is 20.4. The number of carbonyl (C=O) groups is 3. The number of cyclic esters (lactones) is 1. The van der Waals surface area contributed by atoms with Gasteiger partial charge in [0, 0.05) is 17.9 Å². The van der Waals surface area contributed by atoms with E-state index in [0.29, 0.717) is 35.3 Å². The first-order chi connectivity index (χ1) is 14.0. The Labute approximate surface area is 175 Å². The zero-order valence-electron chi connectivity index (χ0n) is 15.3. The van der Waals surface area contributed by atoms with Crippen LogP contribution in [0.25, 0.3) is 0 Å². The van der Waals surface area contributed by atoms with Crippen molar-refractivity contribution in [2.24, 2.45) is 0 Å². The molecule has 1 aromatic heterocycles. The summed E-state index contributed by atoms with van der Waals surface area (Å²) in [6.45, 7) is 1.57. The van der Waals surface area contributed by atoms with E-state index in [9.17, 15) is 14.4 Å². The number of rotatable bonds is 5. The van der Waals surface area contributed by atoms with Crippen LogP contribution in [0.5, 0.6) is 0 Å². The van der Waals surface area contributed by atoms with Crippen LogP contribution in [0.15, 0.2) is 35.7 Å². The number of hydrogen-bond donors (Lipinski definition) is 1. The van der Waals surface area contributed by atoms with Gasteiger partial charge in [-0.05, 0) is 35.7 Å². The maximum absolute atomic E-state index is 12.2. The predicted octanol–water partition coefficient (Wildman–Crippen LogP) is 2.52. The minimum absolute atomic E-state index is 0.0737. The Kier molecular flexibility index (Phi) is 5.70. The molecule has 2 saturated heterocycles. The Morgan fingerprint density at radius 3 is 2.55 bits per heavy atom. The Bertz CT molecular complexity index is 932. The summed E-state index contributed by atoms with van der Waals surface area (Å²) < 4.78 is 10.5. The average molecular weight is 436 g/mol. The third kappa shape index (κ3) is 4.21. The van der Waals surface area contributed by atoms with Crippen molar-refractivity contribution in [2.75, 3.05) is 42.6 Å². The largest absolute Gasteiger partial charge is 0.442 e. The molecule has 0 saturated carbocycles. The van der Waals surface area contributed by atoms with Crippen molar-refractivity contribution < 1.29 is 23.9 Å². The molecule has 2 fully saturated rings. The number of carbonyl (C=O) groups excluding carboxylic acids is 3. The van der Waals surface area contributed by atoms with E-state index in [1.165, 1.54) is 16.2 Å². The maximum Gasteiger partial charge on any atom is 0.414 e. The highest BCUT2D eigenvalue weighted by Crippen LogP contribution is 2.26. The van der Waals surface area contributed by atoms with Crippen molar-refractivity contribution >= 4 is 52.2 Å². The van der Waals surface area contributed by atoms with E-state index in [2.05, 4.69) is 5.32 Å². The van der Waals surface area contributed by atoms with E-state index < -0.39 is 12.2 Å². The number of thiophene rings is 1. The number of nitrogens with zero attached hydrogens (tertiary/aromatic N) is 2. The van der Waals surface area contributed by atoms with Crippen LogP contribution in [0, 0.1) is 0 Å². The lowest BCUT2D eigenvalue weighted by Gasteiger charge is -2.27. The third-order valence-electron chi connectivity index (χ3n) is 4.65. The fourth-order valence-electron chi connectivity index (χ4n) is 3.18. The predicted molar refractivity (Wildman–Crippen MR) is 109 cm³/mol. The van der Waals surface area contributed by atoms with Gasteiger partial charge in [0.05, 0.1) is 24.7 Å². The summed E-state index contributed by atoms with van der Waals surface area (Å²) in [5.74, 6) is -0.384. The van der Waals surface area contributed by atoms with Crippen LogP contribution in [0.4, 0.5) is 16.2 Å². The number of morpholine rings is 1. The highest BCUT2D eigenvalue weighted by Gasteiger charge is 2.33. The molecule has 0 aliphatic carbocycles. The SMILES string of the molecule is O=C(NC[C@H]1CN(c2ccc(N3CCOCC3=O)cc2)C(=O)O1)c1sccc1Cl. The molecule has 4 rings (SSSR count). The third-order valence-corrected chi connectivity index (χ3v) is 5.99. The van der Waals surface area contributed by atoms with Gasteiger partial charge in [-0.15, -0.1) is 11.3 Å². The van der Waals surface area contributed by atoms with E-state index in [4.69, 9.17) is 21.1 Å². The monoisotopic (exact) mass is 435 g/mol. The van der Waals surface area contributed by atoms with E-state index in [1.807, 2.05) is 0 Å². The second-order valence-electron chi connectivity index (χ2n) is 6.54. The van der Waals surface area contributed by atoms with Gasteiger partial charge in [-0.25, -0.2) is 4.79 Å². The minimum atomic E-state index is -0.478. The Morgan fingerprint density at radius 1 is 1.17 bits per heavy atom. The lowest BCUT2D eigenvalue weighted by Crippen LogP contribution is -2.41. The highest BCUT2D eigenvalue weighted by molar-refractivity contribution is 7.12. The molecular weight excluding hydrogens is 418 g/mol. The van der Waals surface area contributed by atoms with Gasteiger partial charge in [0.2, 0.25) is 0 Å². The van der Waals surface area contributed by atoms with Gasteiger partial charge in [0.15, 0.2) is 0 Å². The smallest absolute Gasteiger partial charge is 0.414 e. The van der Waals surface area contributed by atoms with Crippen molar-refractivity contribution in [3.8, 4) is 0 Å². The average Bonchev–Trinajstić information content (AvgIpc) is 3.32. The molecule has 2 aromatic rings. The van der Waals surface area contributed by atoms with Gasteiger partial charge in [-0.3, -0.25) is 14.5 Å². The first kappa shape index (κ1) is 19.7. The van der Waals surface area contributed by atoms with Crippen LogP contribution in [-0.4, -0.2) is 56.9 Å². The van der Waals surface area contributed by atoms with Crippen LogP contribution in [0.2, 0.25) is 5.02 Å². The lowest BCUT2D eigenvalue weighted by atomic mass is 10.2. The lowest BCUT2D eigenvalue weighted by molar-refractivity contribution is -0.125. The molecule has 2 aliphatic heterocycles. The standard InChI is InChI=1S/C19H18ClN3O5S/c20-15-5-8-29-17(15)18(25)21-9-14-10-23(19(26)28-14)13-3-1-12(2-4-13)22-6-7-27-11-16(22)24/h1-5,8,14H,6-7,9-11H2,(H,21,25)/t14-/m0/s1. The van der Waals surface area contributed by atoms with E-state index in [-0.39, 0.29) is 25.0 Å². The highest BCUT2D eigenvalue weighted by atomic mass is 35.5. The molecule has 3 amide bonds. The summed E-state index contributed by atoms with van der Waals surface area (Å²) in [5, 5.41) is 4.88. The Balaban J connectivity index is 1.36. The number of ether oxygens (including phenoxy) is 2. The first-order valence-electron chi connectivity index (χ1n) is 9.00. The fourth-order valence-corrected chi connectivity index (χ4v) is 4.24. The van der Waals surface area contributed by atoms with E-state index in [1.54, 1.807) is 40.6 Å². The topological polar surface area (TPSA) is 88.2 Å². The van der Waals surface area contributed by atoms with Crippen molar-refractivity contribution in [2.45, 2.75) is 6.10 Å². The van der Waals surface area contributed by atoms with Gasteiger partial charge in [-0.2, -0.15) is 0 Å². The van der Waals surface area contributed by atoms with Crippen LogP contribution in [0.3, 0.4) is 0 Å². The number of hydrogen-bond acceptors (Lipinski definition) is 6. The normalized spacial score (nSPS) is 19.4. The number of nitrogens with one attached hydrogen (secondary N) is 1. The van der Waals surface area contributed by atoms with Crippen LogP contribution in [0.1, 0.15) is 9.67 Å². The number of halogens is 1. The Hall–Kier alpha value is -2.62. The Morgan fingerprint density at radius 2 is 1.90 bits per heavy atom. The second-order valence-corrected chi connectivity index (χ2v) is 7.86. The zero-order valence-corrected chi connectivity index (χ0v) is 16.9. The molecular formula is C19H18ClN3O5S.